The van der Waals surface area contributed by atoms with Crippen LogP contribution in [0.15, 0.2) is 47.4 Å². The average Bonchev–Trinajstić information content (AvgIpc) is 2.83. The Morgan fingerprint density at radius 2 is 1.62 bits per heavy atom. The SMILES string of the molecule is COc1ccc(NC(C)=O)cc1NC(=O)C=Cc1ccc(OC)c(S(=O)(=O)N2CCCCC2)c1. The predicted molar refractivity (Wildman–Crippen MR) is 131 cm³/mol. The van der Waals surface area contributed by atoms with Crippen LogP contribution in [0.2, 0.25) is 0 Å². The van der Waals surface area contributed by atoms with E-state index < -0.39 is 15.9 Å². The Morgan fingerprint density at radius 3 is 2.26 bits per heavy atom. The molecule has 0 aliphatic carbocycles. The number of piperidine rings is 1. The van der Waals surface area contributed by atoms with Crippen LogP contribution in [0.4, 0.5) is 11.4 Å². The molecule has 0 saturated carbocycles. The monoisotopic (exact) mass is 487 g/mol. The number of rotatable bonds is 8. The molecular weight excluding hydrogens is 458 g/mol. The van der Waals surface area contributed by atoms with Crippen molar-refractivity contribution in [1.82, 2.24) is 4.31 Å². The number of ether oxygens (including phenoxy) is 2. The highest BCUT2D eigenvalue weighted by Crippen LogP contribution is 2.30. The first kappa shape index (κ1) is 25.3. The van der Waals surface area contributed by atoms with Crippen molar-refractivity contribution in [3.63, 3.8) is 0 Å². The second-order valence-electron chi connectivity index (χ2n) is 7.79. The molecule has 34 heavy (non-hydrogen) atoms. The highest BCUT2D eigenvalue weighted by molar-refractivity contribution is 7.89. The number of hydrogen-bond donors (Lipinski definition) is 2. The Labute approximate surface area is 199 Å². The van der Waals surface area contributed by atoms with E-state index in [1.165, 1.54) is 43.7 Å². The fraction of sp³-hybridized carbons (Fsp3) is 0.333. The van der Waals surface area contributed by atoms with Gasteiger partial charge in [-0.3, -0.25) is 9.59 Å². The predicted octanol–water partition coefficient (Wildman–Crippen LogP) is 3.49. The fourth-order valence-corrected chi connectivity index (χ4v) is 5.38. The summed E-state index contributed by atoms with van der Waals surface area (Å²) in [5.41, 5.74) is 1.42. The van der Waals surface area contributed by atoms with Gasteiger partial charge in [0.15, 0.2) is 0 Å². The van der Waals surface area contributed by atoms with Gasteiger partial charge in [-0.15, -0.1) is 0 Å². The molecule has 1 fully saturated rings. The summed E-state index contributed by atoms with van der Waals surface area (Å²) in [6.07, 6.45) is 5.49. The number of benzene rings is 2. The van der Waals surface area contributed by atoms with Gasteiger partial charge >= 0.3 is 0 Å². The Balaban J connectivity index is 1.81. The molecule has 2 N–H and O–H groups in total. The molecule has 0 bridgehead atoms. The lowest BCUT2D eigenvalue weighted by molar-refractivity contribution is -0.114. The van der Waals surface area contributed by atoms with Crippen molar-refractivity contribution in [1.29, 1.82) is 0 Å². The van der Waals surface area contributed by atoms with Gasteiger partial charge in [0.2, 0.25) is 21.8 Å². The molecule has 0 aromatic heterocycles. The number of hydrogen-bond acceptors (Lipinski definition) is 6. The van der Waals surface area contributed by atoms with E-state index >= 15 is 0 Å². The van der Waals surface area contributed by atoms with Gasteiger partial charge in [-0.1, -0.05) is 12.5 Å². The van der Waals surface area contributed by atoms with E-state index in [9.17, 15) is 18.0 Å². The Bertz CT molecular complexity index is 1190. The molecule has 0 spiro atoms. The Hall–Kier alpha value is -3.37. The van der Waals surface area contributed by atoms with Crippen molar-refractivity contribution in [3.8, 4) is 11.5 Å². The molecule has 2 amide bonds. The van der Waals surface area contributed by atoms with E-state index in [2.05, 4.69) is 10.6 Å². The fourth-order valence-electron chi connectivity index (χ4n) is 3.68. The first-order chi connectivity index (χ1) is 16.2. The topological polar surface area (TPSA) is 114 Å². The maximum Gasteiger partial charge on any atom is 0.248 e. The summed E-state index contributed by atoms with van der Waals surface area (Å²) in [6.45, 7) is 2.35. The number of sulfonamides is 1. The number of amides is 2. The highest BCUT2D eigenvalue weighted by atomic mass is 32.2. The molecule has 1 aliphatic heterocycles. The maximum absolute atomic E-state index is 13.2. The number of methoxy groups -OCH3 is 2. The third kappa shape index (κ3) is 6.15. The van der Waals surface area contributed by atoms with Crippen LogP contribution in [-0.4, -0.2) is 51.8 Å². The van der Waals surface area contributed by atoms with E-state index in [1.807, 2.05) is 0 Å². The summed E-state index contributed by atoms with van der Waals surface area (Å²) in [5, 5.41) is 5.36. The van der Waals surface area contributed by atoms with Crippen molar-refractivity contribution in [2.24, 2.45) is 0 Å². The standard InChI is InChI=1S/C24H29N3O6S/c1-17(28)25-19-9-11-21(32-2)20(16-19)26-24(29)12-8-18-7-10-22(33-3)23(15-18)34(30,31)27-13-5-4-6-14-27/h7-12,15-16H,4-6,13-14H2,1-3H3,(H,25,28)(H,26,29). The zero-order valence-corrected chi connectivity index (χ0v) is 20.3. The smallest absolute Gasteiger partial charge is 0.248 e. The van der Waals surface area contributed by atoms with E-state index in [4.69, 9.17) is 9.47 Å². The van der Waals surface area contributed by atoms with E-state index in [-0.39, 0.29) is 16.6 Å². The molecular formula is C24H29N3O6S. The molecule has 2 aromatic carbocycles. The van der Waals surface area contributed by atoms with E-state index in [0.29, 0.717) is 35.8 Å². The van der Waals surface area contributed by atoms with Gasteiger partial charge in [0.05, 0.1) is 19.9 Å². The average molecular weight is 488 g/mol. The minimum absolute atomic E-state index is 0.0733. The zero-order valence-electron chi connectivity index (χ0n) is 19.5. The molecule has 0 unspecified atom stereocenters. The molecule has 0 atom stereocenters. The molecule has 3 rings (SSSR count). The molecule has 2 aromatic rings. The molecule has 10 heteroatoms. The van der Waals surface area contributed by atoms with Crippen LogP contribution in [0.3, 0.4) is 0 Å². The van der Waals surface area contributed by atoms with Gasteiger partial charge in [-0.05, 0) is 54.8 Å². The van der Waals surface area contributed by atoms with Gasteiger partial charge in [0.1, 0.15) is 16.4 Å². The molecule has 9 nitrogen and oxygen atoms in total. The Morgan fingerprint density at radius 1 is 0.941 bits per heavy atom. The molecule has 1 heterocycles. The maximum atomic E-state index is 13.2. The normalized spacial score (nSPS) is 14.6. The third-order valence-electron chi connectivity index (χ3n) is 5.33. The van der Waals surface area contributed by atoms with Crippen molar-refractivity contribution >= 4 is 39.3 Å². The van der Waals surface area contributed by atoms with Gasteiger partial charge < -0.3 is 20.1 Å². The van der Waals surface area contributed by atoms with Crippen LogP contribution < -0.4 is 20.1 Å². The highest BCUT2D eigenvalue weighted by Gasteiger charge is 2.29. The van der Waals surface area contributed by atoms with Gasteiger partial charge in [0, 0.05) is 31.8 Å². The number of carbonyl (C=O) groups is 2. The lowest BCUT2D eigenvalue weighted by Crippen LogP contribution is -2.35. The summed E-state index contributed by atoms with van der Waals surface area (Å²) >= 11 is 0. The lowest BCUT2D eigenvalue weighted by Gasteiger charge is -2.26. The van der Waals surface area contributed by atoms with E-state index in [1.54, 1.807) is 30.3 Å². The van der Waals surface area contributed by atoms with Crippen LogP contribution in [0.1, 0.15) is 31.7 Å². The summed E-state index contributed by atoms with van der Waals surface area (Å²) in [5.74, 6) is -0.00593. The number of nitrogens with one attached hydrogen (secondary N) is 2. The minimum Gasteiger partial charge on any atom is -0.495 e. The molecule has 182 valence electrons. The Kier molecular flexibility index (Phi) is 8.30. The number of nitrogens with zero attached hydrogens (tertiary/aromatic N) is 1. The van der Waals surface area contributed by atoms with Crippen LogP contribution >= 0.6 is 0 Å². The first-order valence-corrected chi connectivity index (χ1v) is 12.3. The van der Waals surface area contributed by atoms with Crippen molar-refractivity contribution in [2.75, 3.05) is 37.9 Å². The van der Waals surface area contributed by atoms with E-state index in [0.717, 1.165) is 19.3 Å². The summed E-state index contributed by atoms with van der Waals surface area (Å²) in [7, 11) is -0.816. The summed E-state index contributed by atoms with van der Waals surface area (Å²) < 4.78 is 38.4. The molecule has 1 aliphatic rings. The largest absolute Gasteiger partial charge is 0.495 e. The minimum atomic E-state index is -3.72. The summed E-state index contributed by atoms with van der Waals surface area (Å²) in [4.78, 5) is 23.9. The summed E-state index contributed by atoms with van der Waals surface area (Å²) in [6, 6.07) is 9.64. The quantitative estimate of drug-likeness (QED) is 0.551. The van der Waals surface area contributed by atoms with Crippen LogP contribution in [0.25, 0.3) is 6.08 Å². The van der Waals surface area contributed by atoms with Gasteiger partial charge in [-0.2, -0.15) is 4.31 Å². The van der Waals surface area contributed by atoms with Crippen molar-refractivity contribution in [2.45, 2.75) is 31.1 Å². The third-order valence-corrected chi connectivity index (χ3v) is 7.25. The van der Waals surface area contributed by atoms with Gasteiger partial charge in [0.25, 0.3) is 0 Å². The lowest BCUT2D eigenvalue weighted by atomic mass is 10.2. The van der Waals surface area contributed by atoms with Crippen LogP contribution in [0.5, 0.6) is 11.5 Å². The number of carbonyl (C=O) groups excluding carboxylic acids is 2. The van der Waals surface area contributed by atoms with Crippen LogP contribution in [-0.2, 0) is 19.6 Å². The van der Waals surface area contributed by atoms with Crippen molar-refractivity contribution in [3.05, 3.63) is 48.0 Å². The zero-order chi connectivity index (χ0) is 24.7. The van der Waals surface area contributed by atoms with Crippen molar-refractivity contribution < 1.29 is 27.5 Å². The molecule has 0 radical (unpaired) electrons. The second kappa shape index (κ2) is 11.2. The van der Waals surface area contributed by atoms with Gasteiger partial charge in [-0.25, -0.2) is 8.42 Å². The first-order valence-electron chi connectivity index (χ1n) is 10.9. The number of anilines is 2. The molecule has 1 saturated heterocycles. The second-order valence-corrected chi connectivity index (χ2v) is 9.70. The van der Waals surface area contributed by atoms with Crippen LogP contribution in [0, 0.1) is 0 Å².